The number of rotatable bonds is 8. The third-order valence-corrected chi connectivity index (χ3v) is 7.33. The summed E-state index contributed by atoms with van der Waals surface area (Å²) in [4.78, 5) is 28.3. The Bertz CT molecular complexity index is 1150. The van der Waals surface area contributed by atoms with Gasteiger partial charge in [0.1, 0.15) is 0 Å². The monoisotopic (exact) mass is 515 g/mol. The van der Waals surface area contributed by atoms with Crippen molar-refractivity contribution in [2.75, 3.05) is 62.6 Å². The number of carbonyl (C=O) groups is 1. The number of hydrogen-bond donors (Lipinski definition) is 3. The van der Waals surface area contributed by atoms with Gasteiger partial charge in [-0.3, -0.25) is 4.90 Å². The van der Waals surface area contributed by atoms with Crippen LogP contribution in [0.15, 0.2) is 73.1 Å². The van der Waals surface area contributed by atoms with Gasteiger partial charge in [0.15, 0.2) is 0 Å². The number of nitrogens with one attached hydrogen (secondary N) is 2. The molecule has 2 fully saturated rings. The van der Waals surface area contributed by atoms with E-state index in [2.05, 4.69) is 35.3 Å². The first kappa shape index (κ1) is 26.1. The molecule has 2 aromatic carbocycles. The fourth-order valence-corrected chi connectivity index (χ4v) is 5.30. The first-order valence-electron chi connectivity index (χ1n) is 13.5. The molecule has 5 rings (SSSR count). The summed E-state index contributed by atoms with van der Waals surface area (Å²) in [5, 5.41) is 16.9. The highest BCUT2D eigenvalue weighted by atomic mass is 16.3. The number of carbonyl (C=O) groups excluding carboxylic acids is 1. The fraction of sp³-hybridized carbons (Fsp3) is 0.414. The summed E-state index contributed by atoms with van der Waals surface area (Å²) in [6, 6.07) is 19.7. The summed E-state index contributed by atoms with van der Waals surface area (Å²) in [5.74, 6) is 0.776. The summed E-state index contributed by atoms with van der Waals surface area (Å²) in [7, 11) is 0. The normalized spacial score (nSPS) is 18.2. The Balaban J connectivity index is 1.02. The van der Waals surface area contributed by atoms with Gasteiger partial charge < -0.3 is 25.5 Å². The number of hydrogen-bond acceptors (Lipinski definition) is 7. The molecule has 9 heteroatoms. The van der Waals surface area contributed by atoms with E-state index in [1.54, 1.807) is 12.4 Å². The fourth-order valence-electron chi connectivity index (χ4n) is 5.30. The molecule has 0 bridgehead atoms. The third-order valence-electron chi connectivity index (χ3n) is 7.33. The van der Waals surface area contributed by atoms with Crippen molar-refractivity contribution >= 4 is 17.7 Å². The average molecular weight is 516 g/mol. The molecule has 1 aromatic heterocycles. The van der Waals surface area contributed by atoms with Crippen LogP contribution < -0.4 is 15.5 Å². The number of likely N-dealkylation sites (tertiary alicyclic amines) is 1. The van der Waals surface area contributed by atoms with E-state index in [1.165, 1.54) is 0 Å². The largest absolute Gasteiger partial charge is 0.390 e. The number of anilines is 2. The molecule has 9 nitrogen and oxygen atoms in total. The standard InChI is InChI=1S/C29H37N7O2/c37-25(22-35-17-19-36(20-18-35)28-30-13-6-14-31-28)21-34-15-11-24(12-16-34)32-29(38)33-27-10-5-4-9-26(27)23-7-2-1-3-8-23/h1-10,13-14,24-25,37H,11-12,15-22H2,(H2,32,33,38). The molecule has 1 unspecified atom stereocenters. The van der Waals surface area contributed by atoms with E-state index in [9.17, 15) is 9.90 Å². The van der Waals surface area contributed by atoms with E-state index in [1.807, 2.05) is 60.7 Å². The second-order valence-electron chi connectivity index (χ2n) is 10.1. The second kappa shape index (κ2) is 12.8. The SMILES string of the molecule is O=C(Nc1ccccc1-c1ccccc1)NC1CCN(CC(O)CN2CCN(c3ncccn3)CC2)CC1. The van der Waals surface area contributed by atoms with Crippen LogP contribution in [0.25, 0.3) is 11.1 Å². The number of nitrogens with zero attached hydrogens (tertiary/aromatic N) is 5. The van der Waals surface area contributed by atoms with E-state index in [0.717, 1.165) is 74.9 Å². The van der Waals surface area contributed by atoms with E-state index in [0.29, 0.717) is 13.1 Å². The summed E-state index contributed by atoms with van der Waals surface area (Å²) in [6.45, 7) is 6.57. The van der Waals surface area contributed by atoms with Gasteiger partial charge in [-0.1, -0.05) is 48.5 Å². The molecule has 3 N–H and O–H groups in total. The Hall–Kier alpha value is -3.53. The minimum Gasteiger partial charge on any atom is -0.390 e. The number of para-hydroxylation sites is 1. The Morgan fingerprint density at radius 2 is 1.47 bits per heavy atom. The van der Waals surface area contributed by atoms with Crippen LogP contribution in [0.4, 0.5) is 16.4 Å². The average Bonchev–Trinajstić information content (AvgIpc) is 2.96. The smallest absolute Gasteiger partial charge is 0.319 e. The van der Waals surface area contributed by atoms with Gasteiger partial charge in [-0.2, -0.15) is 0 Å². The van der Waals surface area contributed by atoms with Crippen molar-refractivity contribution in [1.82, 2.24) is 25.1 Å². The van der Waals surface area contributed by atoms with Crippen molar-refractivity contribution in [3.63, 3.8) is 0 Å². The summed E-state index contributed by atoms with van der Waals surface area (Å²) in [5.41, 5.74) is 2.87. The van der Waals surface area contributed by atoms with E-state index in [4.69, 9.17) is 0 Å². The van der Waals surface area contributed by atoms with Crippen molar-refractivity contribution in [3.05, 3.63) is 73.1 Å². The molecule has 200 valence electrons. The Morgan fingerprint density at radius 3 is 2.18 bits per heavy atom. The Labute approximate surface area is 224 Å². The zero-order valence-corrected chi connectivity index (χ0v) is 21.7. The number of urea groups is 1. The highest BCUT2D eigenvalue weighted by molar-refractivity contribution is 5.94. The molecule has 0 spiro atoms. The van der Waals surface area contributed by atoms with Crippen LogP contribution in [0.3, 0.4) is 0 Å². The molecule has 38 heavy (non-hydrogen) atoms. The van der Waals surface area contributed by atoms with Gasteiger partial charge in [-0.05, 0) is 30.5 Å². The number of piperidine rings is 1. The predicted molar refractivity (Wildman–Crippen MR) is 150 cm³/mol. The van der Waals surface area contributed by atoms with Crippen LogP contribution in [0.1, 0.15) is 12.8 Å². The van der Waals surface area contributed by atoms with Crippen molar-refractivity contribution in [2.45, 2.75) is 25.0 Å². The number of piperazine rings is 1. The quantitative estimate of drug-likeness (QED) is 0.425. The van der Waals surface area contributed by atoms with Gasteiger partial charge in [0, 0.05) is 76.4 Å². The molecule has 0 radical (unpaired) electrons. The van der Waals surface area contributed by atoms with Gasteiger partial charge in [-0.25, -0.2) is 14.8 Å². The van der Waals surface area contributed by atoms with Gasteiger partial charge in [-0.15, -0.1) is 0 Å². The molecule has 2 aliphatic rings. The van der Waals surface area contributed by atoms with Crippen molar-refractivity contribution in [2.24, 2.45) is 0 Å². The first-order chi connectivity index (χ1) is 18.6. The number of benzene rings is 2. The third kappa shape index (κ3) is 7.06. The Morgan fingerprint density at radius 1 is 0.842 bits per heavy atom. The minimum absolute atomic E-state index is 0.126. The van der Waals surface area contributed by atoms with Crippen LogP contribution in [0, 0.1) is 0 Å². The lowest BCUT2D eigenvalue weighted by Crippen LogP contribution is -2.51. The maximum Gasteiger partial charge on any atom is 0.319 e. The molecule has 2 saturated heterocycles. The van der Waals surface area contributed by atoms with Gasteiger partial charge in [0.05, 0.1) is 11.8 Å². The molecule has 1 atom stereocenters. The lowest BCUT2D eigenvalue weighted by molar-refractivity contribution is 0.0618. The summed E-state index contributed by atoms with van der Waals surface area (Å²) < 4.78 is 0. The second-order valence-corrected chi connectivity index (χ2v) is 10.1. The topological polar surface area (TPSA) is 96.9 Å². The summed E-state index contributed by atoms with van der Waals surface area (Å²) >= 11 is 0. The molecular weight excluding hydrogens is 478 g/mol. The minimum atomic E-state index is -0.392. The van der Waals surface area contributed by atoms with Crippen LogP contribution >= 0.6 is 0 Å². The number of aliphatic hydroxyl groups excluding tert-OH is 1. The molecular formula is C29H37N7O2. The summed E-state index contributed by atoms with van der Waals surface area (Å²) in [6.07, 6.45) is 4.90. The molecule has 0 saturated carbocycles. The van der Waals surface area contributed by atoms with Crippen LogP contribution in [-0.4, -0.2) is 95.4 Å². The zero-order chi connectivity index (χ0) is 26.2. The number of aromatic nitrogens is 2. The van der Waals surface area contributed by atoms with E-state index in [-0.39, 0.29) is 12.1 Å². The van der Waals surface area contributed by atoms with Crippen molar-refractivity contribution in [1.29, 1.82) is 0 Å². The van der Waals surface area contributed by atoms with Crippen LogP contribution in [0.5, 0.6) is 0 Å². The Kier molecular flexibility index (Phi) is 8.80. The van der Waals surface area contributed by atoms with Crippen molar-refractivity contribution < 1.29 is 9.90 Å². The van der Waals surface area contributed by atoms with E-state index < -0.39 is 6.10 Å². The number of β-amino-alcohol motifs (C(OH)–C–C–N with tert-alkyl or cyclic N) is 1. The van der Waals surface area contributed by atoms with Crippen molar-refractivity contribution in [3.8, 4) is 11.1 Å². The number of amides is 2. The van der Waals surface area contributed by atoms with Crippen LogP contribution in [-0.2, 0) is 0 Å². The van der Waals surface area contributed by atoms with Gasteiger partial charge in [0.2, 0.25) is 5.95 Å². The molecule has 3 heterocycles. The van der Waals surface area contributed by atoms with E-state index >= 15 is 0 Å². The van der Waals surface area contributed by atoms with Gasteiger partial charge in [0.25, 0.3) is 0 Å². The maximum atomic E-state index is 12.8. The highest BCUT2D eigenvalue weighted by Gasteiger charge is 2.25. The molecule has 2 amide bonds. The predicted octanol–water partition coefficient (Wildman–Crippen LogP) is 2.91. The highest BCUT2D eigenvalue weighted by Crippen LogP contribution is 2.27. The molecule has 3 aromatic rings. The lowest BCUT2D eigenvalue weighted by Gasteiger charge is -2.37. The molecule has 0 aliphatic carbocycles. The van der Waals surface area contributed by atoms with Gasteiger partial charge >= 0.3 is 6.03 Å². The zero-order valence-electron chi connectivity index (χ0n) is 21.7. The first-order valence-corrected chi connectivity index (χ1v) is 13.5. The molecule has 2 aliphatic heterocycles. The number of aliphatic hydroxyl groups is 1. The lowest BCUT2D eigenvalue weighted by atomic mass is 10.0. The van der Waals surface area contributed by atoms with Crippen LogP contribution in [0.2, 0.25) is 0 Å². The maximum absolute atomic E-state index is 12.8.